The predicted molar refractivity (Wildman–Crippen MR) is 219 cm³/mol. The van der Waals surface area contributed by atoms with Gasteiger partial charge in [0.25, 0.3) is 6.71 Å². The first-order chi connectivity index (χ1) is 26.8. The molecule has 0 N–H and O–H groups in total. The topological polar surface area (TPSA) is 28.2 Å². The Bertz CT molecular complexity index is 2720. The molecule has 0 aromatic heterocycles. The van der Waals surface area contributed by atoms with Gasteiger partial charge in [-0.05, 0) is 99.8 Å². The molecule has 1 aliphatic carbocycles. The van der Waals surface area contributed by atoms with Crippen LogP contribution in [0.15, 0.2) is 170 Å². The molecule has 0 bridgehead atoms. The van der Waals surface area contributed by atoms with Crippen LogP contribution in [0.5, 0.6) is 23.0 Å². The van der Waals surface area contributed by atoms with Crippen LogP contribution in [-0.4, -0.2) is 12.8 Å². The Morgan fingerprint density at radius 1 is 0.463 bits per heavy atom. The summed E-state index contributed by atoms with van der Waals surface area (Å²) in [7, 11) is 0. The largest absolute Gasteiger partial charge is 0.453 e. The van der Waals surface area contributed by atoms with E-state index in [4.69, 9.17) is 9.47 Å². The first-order valence-electron chi connectivity index (χ1n) is 18.7. The summed E-state index contributed by atoms with van der Waals surface area (Å²) in [4.78, 5) is 7.39. The lowest BCUT2D eigenvalue weighted by Gasteiger charge is -2.47. The van der Waals surface area contributed by atoms with E-state index in [1.54, 1.807) is 0 Å². The summed E-state index contributed by atoms with van der Waals surface area (Å²) in [5.41, 5.74) is 16.6. The minimum absolute atomic E-state index is 0.00710. The van der Waals surface area contributed by atoms with Crippen molar-refractivity contribution < 1.29 is 9.47 Å². The second kappa shape index (κ2) is 10.4. The van der Waals surface area contributed by atoms with Gasteiger partial charge in [-0.25, -0.2) is 0 Å². The van der Waals surface area contributed by atoms with Crippen molar-refractivity contribution in [2.24, 2.45) is 0 Å². The van der Waals surface area contributed by atoms with Crippen molar-refractivity contribution in [1.82, 2.24) is 0 Å². The number of nitrogens with zero attached hydrogens (tertiary/aromatic N) is 3. The molecule has 0 saturated carbocycles. The third-order valence-corrected chi connectivity index (χ3v) is 12.1. The lowest BCUT2D eigenvalue weighted by molar-refractivity contribution is 0.477. The fourth-order valence-electron chi connectivity index (χ4n) is 9.96. The Kier molecular flexibility index (Phi) is 5.50. The van der Waals surface area contributed by atoms with Gasteiger partial charge in [-0.1, -0.05) is 103 Å². The number of anilines is 8. The Balaban J connectivity index is 1.05. The Labute approximate surface area is 313 Å². The van der Waals surface area contributed by atoms with Gasteiger partial charge in [-0.2, -0.15) is 0 Å². The molecule has 2 unspecified atom stereocenters. The zero-order chi connectivity index (χ0) is 35.1. The molecule has 6 aliphatic rings. The molecule has 2 atom stereocenters. The van der Waals surface area contributed by atoms with Gasteiger partial charge >= 0.3 is 0 Å². The van der Waals surface area contributed by atoms with Gasteiger partial charge in [-0.15, -0.1) is 0 Å². The number of ether oxygens (including phenoxy) is 2. The van der Waals surface area contributed by atoms with Crippen LogP contribution in [0.1, 0.15) is 11.5 Å². The highest BCUT2D eigenvalue weighted by molar-refractivity contribution is 7.00. The summed E-state index contributed by atoms with van der Waals surface area (Å²) < 4.78 is 13.3. The van der Waals surface area contributed by atoms with E-state index < -0.39 is 0 Å². The van der Waals surface area contributed by atoms with Crippen LogP contribution < -0.4 is 40.6 Å². The lowest BCUT2D eigenvalue weighted by Crippen LogP contribution is -2.61. The standard InChI is InChI=1S/C48H30BN3O2/c1-3-15-36-32(11-1)33-12-2-4-16-37(33)50(36)31-25-23-29(24-26-31)30-27-40-46-41(28-30)52-39-18-6-8-20-43(39)54-45-22-10-14-35(48(45)52)49(46)34-13-9-21-44-47(34)51(40)38-17-5-7-19-42(38)53-44/h1-28,32,36H. The third kappa shape index (κ3) is 3.64. The molecule has 7 aromatic carbocycles. The molecule has 252 valence electrons. The number of para-hydroxylation sites is 7. The summed E-state index contributed by atoms with van der Waals surface area (Å²) in [5.74, 6) is 3.81. The van der Waals surface area contributed by atoms with Crippen molar-refractivity contribution in [3.05, 3.63) is 175 Å². The Morgan fingerprint density at radius 3 is 1.67 bits per heavy atom. The normalized spacial score (nSPS) is 18.0. The molecule has 5 heterocycles. The number of fused-ring (bicyclic) bond motifs is 11. The minimum Gasteiger partial charge on any atom is -0.453 e. The highest BCUT2D eigenvalue weighted by atomic mass is 16.5. The molecular formula is C48H30BN3O2. The molecule has 54 heavy (non-hydrogen) atoms. The molecular weight excluding hydrogens is 661 g/mol. The fourth-order valence-corrected chi connectivity index (χ4v) is 9.96. The maximum Gasteiger partial charge on any atom is 0.252 e. The molecule has 13 rings (SSSR count). The van der Waals surface area contributed by atoms with Crippen molar-refractivity contribution in [3.63, 3.8) is 0 Å². The van der Waals surface area contributed by atoms with Gasteiger partial charge in [0.15, 0.2) is 23.0 Å². The SMILES string of the molecule is C1=CC2c3ccccc3N(c3ccc(-c4cc5c6c(c4)N4c7ccccc7Oc7cccc(c74)B6c4cccc6c4N5c4ccccc4O6)cc3)C2C=C1. The summed E-state index contributed by atoms with van der Waals surface area (Å²) >= 11 is 0. The van der Waals surface area contributed by atoms with E-state index in [1.165, 1.54) is 50.3 Å². The maximum atomic E-state index is 6.64. The maximum absolute atomic E-state index is 6.64. The molecule has 0 fully saturated rings. The Hall–Kier alpha value is -6.92. The van der Waals surface area contributed by atoms with E-state index in [0.717, 1.165) is 51.3 Å². The second-order valence-corrected chi connectivity index (χ2v) is 14.8. The van der Waals surface area contributed by atoms with Crippen LogP contribution in [0.2, 0.25) is 0 Å². The van der Waals surface area contributed by atoms with Gasteiger partial charge in [0.1, 0.15) is 0 Å². The molecule has 0 spiro atoms. The summed E-state index contributed by atoms with van der Waals surface area (Å²) in [6.07, 6.45) is 9.04. The predicted octanol–water partition coefficient (Wildman–Crippen LogP) is 10.4. The molecule has 5 aliphatic heterocycles. The molecule has 6 heteroatoms. The molecule has 5 nitrogen and oxygen atoms in total. The van der Waals surface area contributed by atoms with Crippen LogP contribution in [-0.2, 0) is 0 Å². The second-order valence-electron chi connectivity index (χ2n) is 14.8. The minimum atomic E-state index is -0.00710. The average molecular weight is 692 g/mol. The van der Waals surface area contributed by atoms with E-state index in [-0.39, 0.29) is 12.8 Å². The van der Waals surface area contributed by atoms with Crippen LogP contribution in [0, 0.1) is 0 Å². The third-order valence-electron chi connectivity index (χ3n) is 12.1. The van der Waals surface area contributed by atoms with Crippen LogP contribution in [0.3, 0.4) is 0 Å². The number of allylic oxidation sites excluding steroid dienone is 2. The van der Waals surface area contributed by atoms with Crippen molar-refractivity contribution in [1.29, 1.82) is 0 Å². The first-order valence-corrected chi connectivity index (χ1v) is 18.7. The van der Waals surface area contributed by atoms with Gasteiger partial charge in [0.05, 0.1) is 28.8 Å². The van der Waals surface area contributed by atoms with Crippen LogP contribution >= 0.6 is 0 Å². The number of benzene rings is 7. The van der Waals surface area contributed by atoms with E-state index in [9.17, 15) is 0 Å². The van der Waals surface area contributed by atoms with E-state index in [0.29, 0.717) is 5.92 Å². The smallest absolute Gasteiger partial charge is 0.252 e. The fraction of sp³-hybridized carbons (Fsp3) is 0.0417. The van der Waals surface area contributed by atoms with E-state index in [2.05, 4.69) is 185 Å². The summed E-state index contributed by atoms with van der Waals surface area (Å²) in [6, 6.07) is 52.9. The summed E-state index contributed by atoms with van der Waals surface area (Å²) in [6.45, 7) is -0.00710. The Morgan fingerprint density at radius 2 is 1.02 bits per heavy atom. The van der Waals surface area contributed by atoms with Crippen molar-refractivity contribution in [3.8, 4) is 34.1 Å². The van der Waals surface area contributed by atoms with Crippen LogP contribution in [0.4, 0.5) is 45.5 Å². The lowest BCUT2D eigenvalue weighted by atomic mass is 9.33. The molecule has 0 radical (unpaired) electrons. The quantitative estimate of drug-likeness (QED) is 0.168. The van der Waals surface area contributed by atoms with Crippen molar-refractivity contribution in [2.75, 3.05) is 14.7 Å². The molecule has 7 aromatic rings. The zero-order valence-electron chi connectivity index (χ0n) is 29.1. The van der Waals surface area contributed by atoms with Gasteiger partial charge in [-0.3, -0.25) is 0 Å². The van der Waals surface area contributed by atoms with Gasteiger partial charge in [0, 0.05) is 28.7 Å². The van der Waals surface area contributed by atoms with Gasteiger partial charge < -0.3 is 24.2 Å². The van der Waals surface area contributed by atoms with Crippen LogP contribution in [0.25, 0.3) is 11.1 Å². The van der Waals surface area contributed by atoms with Gasteiger partial charge in [0.2, 0.25) is 0 Å². The highest BCUT2D eigenvalue weighted by Gasteiger charge is 2.48. The van der Waals surface area contributed by atoms with E-state index >= 15 is 0 Å². The molecule has 0 amide bonds. The van der Waals surface area contributed by atoms with Crippen molar-refractivity contribution >= 4 is 68.6 Å². The van der Waals surface area contributed by atoms with E-state index in [1.807, 2.05) is 0 Å². The number of hydrogen-bond donors (Lipinski definition) is 0. The highest BCUT2D eigenvalue weighted by Crippen LogP contribution is 2.57. The summed E-state index contributed by atoms with van der Waals surface area (Å²) in [5, 5.41) is 0. The molecule has 0 saturated heterocycles. The first kappa shape index (κ1) is 28.6. The zero-order valence-corrected chi connectivity index (χ0v) is 29.1. The van der Waals surface area contributed by atoms with Crippen molar-refractivity contribution in [2.45, 2.75) is 12.0 Å². The monoisotopic (exact) mass is 691 g/mol. The number of hydrogen-bond acceptors (Lipinski definition) is 5. The number of rotatable bonds is 2. The average Bonchev–Trinajstić information content (AvgIpc) is 3.57.